The number of benzene rings is 1. The van der Waals surface area contributed by atoms with Gasteiger partial charge in [-0.2, -0.15) is 5.10 Å². The van der Waals surface area contributed by atoms with Crippen molar-refractivity contribution in [2.75, 3.05) is 18.8 Å². The molecule has 4 aromatic rings. The Bertz CT molecular complexity index is 1350. The van der Waals surface area contributed by atoms with Crippen LogP contribution in [0.2, 0.25) is 0 Å². The minimum Gasteiger partial charge on any atom is -0.383 e. The number of hydrogen-bond donors (Lipinski definition) is 1. The number of likely N-dealkylation sites (tertiary alicyclic amines) is 1. The van der Waals surface area contributed by atoms with Gasteiger partial charge in [0.15, 0.2) is 0 Å². The molecule has 1 aromatic carbocycles. The maximum Gasteiger partial charge on any atom is 0.245 e. The Balaban J connectivity index is 1.68. The number of fused-ring (bicyclic) bond motifs is 1. The second-order valence-corrected chi connectivity index (χ2v) is 8.21. The first-order chi connectivity index (χ1) is 15.5. The van der Waals surface area contributed by atoms with Crippen LogP contribution in [0.4, 0.5) is 5.82 Å². The van der Waals surface area contributed by atoms with Gasteiger partial charge in [-0.3, -0.25) is 4.79 Å². The summed E-state index contributed by atoms with van der Waals surface area (Å²) in [6.07, 6.45) is 7.61. The highest BCUT2D eigenvalue weighted by molar-refractivity contribution is 6.02. The summed E-state index contributed by atoms with van der Waals surface area (Å²) < 4.78 is 3.97. The SMILES string of the molecule is C=CC(=O)N1CCC(c2c(-c3cnn(-c4ccccc4C)c3)c3c(N)ncnc3n2C)C1. The second kappa shape index (κ2) is 7.64. The number of aryl methyl sites for hydroxylation is 2. The summed E-state index contributed by atoms with van der Waals surface area (Å²) in [7, 11) is 2.00. The van der Waals surface area contributed by atoms with Gasteiger partial charge in [-0.15, -0.1) is 0 Å². The van der Waals surface area contributed by atoms with Crippen LogP contribution < -0.4 is 5.73 Å². The molecule has 2 N–H and O–H groups in total. The Morgan fingerprint density at radius 3 is 2.88 bits per heavy atom. The summed E-state index contributed by atoms with van der Waals surface area (Å²) in [5.74, 6) is 0.543. The highest BCUT2D eigenvalue weighted by Gasteiger charge is 2.33. The average Bonchev–Trinajstić information content (AvgIpc) is 3.52. The third-order valence-electron chi connectivity index (χ3n) is 6.34. The van der Waals surface area contributed by atoms with Gasteiger partial charge >= 0.3 is 0 Å². The standard InChI is InChI=1S/C24H25N7O/c1-4-19(32)30-10-9-16(12-30)22-20(21-23(25)26-14-27-24(21)29(22)3)17-11-28-31(13-17)18-8-6-5-7-15(18)2/h4-8,11,13-14,16H,1,9-10,12H2,2-3H3,(H2,25,26,27). The molecule has 1 atom stereocenters. The van der Waals surface area contributed by atoms with Gasteiger partial charge in [0.1, 0.15) is 17.8 Å². The number of nitrogens with two attached hydrogens (primary N) is 1. The summed E-state index contributed by atoms with van der Waals surface area (Å²) in [5.41, 5.74) is 12.3. The third kappa shape index (κ3) is 3.07. The van der Waals surface area contributed by atoms with Gasteiger partial charge in [-0.1, -0.05) is 24.8 Å². The highest BCUT2D eigenvalue weighted by Crippen LogP contribution is 2.42. The summed E-state index contributed by atoms with van der Waals surface area (Å²) >= 11 is 0. The molecule has 0 spiro atoms. The number of aromatic nitrogens is 5. The summed E-state index contributed by atoms with van der Waals surface area (Å²) in [6.45, 7) is 7.01. The van der Waals surface area contributed by atoms with Crippen LogP contribution in [0.1, 0.15) is 23.6 Å². The minimum absolute atomic E-state index is 0.0421. The van der Waals surface area contributed by atoms with Crippen molar-refractivity contribution in [3.8, 4) is 16.8 Å². The van der Waals surface area contributed by atoms with Gasteiger partial charge in [0.2, 0.25) is 5.91 Å². The Labute approximate surface area is 186 Å². The molecule has 1 fully saturated rings. The second-order valence-electron chi connectivity index (χ2n) is 8.21. The molecule has 3 aromatic heterocycles. The lowest BCUT2D eigenvalue weighted by atomic mass is 9.96. The summed E-state index contributed by atoms with van der Waals surface area (Å²) in [5, 5.41) is 5.46. The molecular weight excluding hydrogens is 402 g/mol. The van der Waals surface area contributed by atoms with E-state index in [1.807, 2.05) is 47.2 Å². The molecule has 1 aliphatic heterocycles. The van der Waals surface area contributed by atoms with Crippen molar-refractivity contribution in [3.63, 3.8) is 0 Å². The summed E-state index contributed by atoms with van der Waals surface area (Å²) in [6, 6.07) is 8.13. The van der Waals surface area contributed by atoms with E-state index >= 15 is 0 Å². The van der Waals surface area contributed by atoms with Crippen molar-refractivity contribution < 1.29 is 4.79 Å². The Morgan fingerprint density at radius 1 is 1.28 bits per heavy atom. The fourth-order valence-corrected chi connectivity index (χ4v) is 4.78. The smallest absolute Gasteiger partial charge is 0.245 e. The number of nitrogen functional groups attached to an aromatic ring is 1. The number of nitrogens with zero attached hydrogens (tertiary/aromatic N) is 6. The first-order valence-corrected chi connectivity index (χ1v) is 10.6. The van der Waals surface area contributed by atoms with Crippen molar-refractivity contribution in [1.29, 1.82) is 0 Å². The van der Waals surface area contributed by atoms with E-state index < -0.39 is 0 Å². The van der Waals surface area contributed by atoms with Crippen molar-refractivity contribution in [1.82, 2.24) is 29.2 Å². The van der Waals surface area contributed by atoms with E-state index in [-0.39, 0.29) is 11.8 Å². The molecule has 1 saturated heterocycles. The lowest BCUT2D eigenvalue weighted by molar-refractivity contribution is -0.125. The molecule has 5 rings (SSSR count). The molecule has 8 heteroatoms. The normalized spacial score (nSPS) is 16.1. The van der Waals surface area contributed by atoms with Crippen molar-refractivity contribution in [3.05, 3.63) is 66.9 Å². The minimum atomic E-state index is -0.0421. The van der Waals surface area contributed by atoms with Gasteiger partial charge in [0.25, 0.3) is 0 Å². The topological polar surface area (TPSA) is 94.9 Å². The predicted octanol–water partition coefficient (Wildman–Crippen LogP) is 3.21. The molecule has 4 heterocycles. The zero-order chi connectivity index (χ0) is 22.4. The molecule has 1 amide bonds. The number of carbonyl (C=O) groups is 1. The molecule has 1 unspecified atom stereocenters. The Hall–Kier alpha value is -3.94. The van der Waals surface area contributed by atoms with Crippen molar-refractivity contribution in [2.24, 2.45) is 7.05 Å². The van der Waals surface area contributed by atoms with E-state index in [4.69, 9.17) is 5.73 Å². The predicted molar refractivity (Wildman–Crippen MR) is 124 cm³/mol. The van der Waals surface area contributed by atoms with Crippen LogP contribution >= 0.6 is 0 Å². The van der Waals surface area contributed by atoms with Crippen LogP contribution in [-0.2, 0) is 11.8 Å². The van der Waals surface area contributed by atoms with Crippen molar-refractivity contribution >= 4 is 22.8 Å². The number of para-hydroxylation sites is 1. The van der Waals surface area contributed by atoms with Crippen LogP contribution in [-0.4, -0.2) is 48.2 Å². The number of amides is 1. The molecule has 1 aliphatic rings. The maximum absolute atomic E-state index is 12.2. The first-order valence-electron chi connectivity index (χ1n) is 10.6. The van der Waals surface area contributed by atoms with Crippen molar-refractivity contribution in [2.45, 2.75) is 19.3 Å². The zero-order valence-electron chi connectivity index (χ0n) is 18.2. The maximum atomic E-state index is 12.2. The molecule has 8 nitrogen and oxygen atoms in total. The molecule has 0 saturated carbocycles. The number of carbonyl (C=O) groups excluding carboxylic acids is 1. The van der Waals surface area contributed by atoms with E-state index in [9.17, 15) is 4.79 Å². The van der Waals surface area contributed by atoms with Crippen LogP contribution in [0.15, 0.2) is 55.6 Å². The number of rotatable bonds is 4. The molecule has 0 radical (unpaired) electrons. The number of hydrogen-bond acceptors (Lipinski definition) is 5. The number of anilines is 1. The van der Waals surface area contributed by atoms with Gasteiger partial charge in [0, 0.05) is 49.1 Å². The Morgan fingerprint density at radius 2 is 2.09 bits per heavy atom. The first kappa shape index (κ1) is 20.0. The van der Waals surface area contributed by atoms with Gasteiger partial charge < -0.3 is 15.2 Å². The molecule has 162 valence electrons. The fraction of sp³-hybridized carbons (Fsp3) is 0.250. The van der Waals surface area contributed by atoms with Gasteiger partial charge in [-0.05, 0) is 31.1 Å². The third-order valence-corrected chi connectivity index (χ3v) is 6.34. The van der Waals surface area contributed by atoms with E-state index in [0.29, 0.717) is 18.9 Å². The van der Waals surface area contributed by atoms with E-state index in [0.717, 1.165) is 45.5 Å². The summed E-state index contributed by atoms with van der Waals surface area (Å²) in [4.78, 5) is 22.8. The monoisotopic (exact) mass is 427 g/mol. The molecule has 0 aliphatic carbocycles. The van der Waals surface area contributed by atoms with Crippen LogP contribution in [0.25, 0.3) is 27.8 Å². The highest BCUT2D eigenvalue weighted by atomic mass is 16.2. The quantitative estimate of drug-likeness (QED) is 0.505. The fourth-order valence-electron chi connectivity index (χ4n) is 4.78. The Kier molecular flexibility index (Phi) is 4.77. The molecule has 0 bridgehead atoms. The van der Waals surface area contributed by atoms with E-state index in [1.54, 1.807) is 0 Å². The van der Waals surface area contributed by atoms with Gasteiger partial charge in [0.05, 0.1) is 17.3 Å². The lowest BCUT2D eigenvalue weighted by Crippen LogP contribution is -2.26. The van der Waals surface area contributed by atoms with E-state index in [2.05, 4.69) is 39.2 Å². The lowest BCUT2D eigenvalue weighted by Gasteiger charge is -2.16. The largest absolute Gasteiger partial charge is 0.383 e. The molecule has 32 heavy (non-hydrogen) atoms. The molecular formula is C24H25N7O. The van der Waals surface area contributed by atoms with E-state index in [1.165, 1.54) is 12.4 Å². The average molecular weight is 428 g/mol. The van der Waals surface area contributed by atoms with Crippen LogP contribution in [0.3, 0.4) is 0 Å². The van der Waals surface area contributed by atoms with Crippen LogP contribution in [0.5, 0.6) is 0 Å². The van der Waals surface area contributed by atoms with Crippen LogP contribution in [0, 0.1) is 6.92 Å². The van der Waals surface area contributed by atoms with Gasteiger partial charge in [-0.25, -0.2) is 14.6 Å². The zero-order valence-corrected chi connectivity index (χ0v) is 18.2.